The summed E-state index contributed by atoms with van der Waals surface area (Å²) in [5, 5.41) is 2.25. The highest BCUT2D eigenvalue weighted by molar-refractivity contribution is 8.02. The molecule has 0 spiro atoms. The molecule has 0 amide bonds. The van der Waals surface area contributed by atoms with Crippen LogP contribution in [-0.2, 0) is 0 Å². The molecule has 1 aromatic carbocycles. The van der Waals surface area contributed by atoms with Gasteiger partial charge in [-0.2, -0.15) is 0 Å². The molecule has 0 aliphatic heterocycles. The van der Waals surface area contributed by atoms with Crippen molar-refractivity contribution in [1.29, 1.82) is 0 Å². The molecule has 0 heterocycles. The van der Waals surface area contributed by atoms with Crippen LogP contribution in [0.15, 0.2) is 34.1 Å². The molecular formula is C13H18S. The van der Waals surface area contributed by atoms with Crippen molar-refractivity contribution in [2.45, 2.75) is 39.0 Å². The third-order valence-electron chi connectivity index (χ3n) is 2.29. The largest absolute Gasteiger partial charge is 0.0978 e. The Morgan fingerprint density at radius 3 is 2.71 bits per heavy atom. The van der Waals surface area contributed by atoms with E-state index in [1.54, 1.807) is 0 Å². The third-order valence-corrected chi connectivity index (χ3v) is 3.50. The van der Waals surface area contributed by atoms with E-state index in [0.29, 0.717) is 0 Å². The van der Waals surface area contributed by atoms with Crippen LogP contribution in [0.5, 0.6) is 0 Å². The van der Waals surface area contributed by atoms with E-state index in [1.165, 1.54) is 21.6 Å². The van der Waals surface area contributed by atoms with Crippen LogP contribution in [-0.4, -0.2) is 0 Å². The fourth-order valence-corrected chi connectivity index (χ4v) is 2.08. The average molecular weight is 206 g/mol. The Bertz CT molecular complexity index is 337. The summed E-state index contributed by atoms with van der Waals surface area (Å²) >= 11 is 1.83. The summed E-state index contributed by atoms with van der Waals surface area (Å²) in [5.74, 6) is 0. The van der Waals surface area contributed by atoms with Gasteiger partial charge in [0.05, 0.1) is 0 Å². The fourth-order valence-electron chi connectivity index (χ4n) is 1.08. The smallest absolute Gasteiger partial charge is 0.0148 e. The summed E-state index contributed by atoms with van der Waals surface area (Å²) in [6, 6.07) is 6.60. The molecule has 14 heavy (non-hydrogen) atoms. The molecule has 0 nitrogen and oxygen atoms in total. The van der Waals surface area contributed by atoms with Crippen molar-refractivity contribution in [3.63, 3.8) is 0 Å². The van der Waals surface area contributed by atoms with E-state index < -0.39 is 0 Å². The molecule has 0 saturated heterocycles. The summed E-state index contributed by atoms with van der Waals surface area (Å²) in [6.45, 7) is 8.67. The third kappa shape index (κ3) is 3.22. The Kier molecular flexibility index (Phi) is 4.27. The standard InChI is InChI=1S/C13H18S/c1-5-10(2)9-14-13-8-11(3)6-7-12(13)4/h6-9H,5H2,1-4H3. The zero-order valence-electron chi connectivity index (χ0n) is 9.42. The van der Waals surface area contributed by atoms with Gasteiger partial charge < -0.3 is 0 Å². The highest BCUT2D eigenvalue weighted by Gasteiger charge is 1.97. The normalized spacial score (nSPS) is 11.9. The van der Waals surface area contributed by atoms with E-state index in [-0.39, 0.29) is 0 Å². The molecule has 1 rings (SSSR count). The number of aryl methyl sites for hydroxylation is 2. The minimum atomic E-state index is 1.14. The number of allylic oxidation sites excluding steroid dienone is 1. The zero-order chi connectivity index (χ0) is 10.6. The van der Waals surface area contributed by atoms with Gasteiger partial charge in [-0.25, -0.2) is 0 Å². The quantitative estimate of drug-likeness (QED) is 0.645. The molecular weight excluding hydrogens is 188 g/mol. The molecule has 76 valence electrons. The lowest BCUT2D eigenvalue weighted by Crippen LogP contribution is -1.80. The van der Waals surface area contributed by atoms with Crippen LogP contribution < -0.4 is 0 Å². The predicted molar refractivity (Wildman–Crippen MR) is 65.8 cm³/mol. The maximum Gasteiger partial charge on any atom is 0.0148 e. The van der Waals surface area contributed by atoms with Crippen LogP contribution >= 0.6 is 11.8 Å². The van der Waals surface area contributed by atoms with Gasteiger partial charge in [-0.15, -0.1) is 0 Å². The summed E-state index contributed by atoms with van der Waals surface area (Å²) in [7, 11) is 0. The SMILES string of the molecule is CCC(C)=CSc1cc(C)ccc1C. The lowest BCUT2D eigenvalue weighted by molar-refractivity contribution is 1.11. The van der Waals surface area contributed by atoms with Gasteiger partial charge in [0.25, 0.3) is 0 Å². The molecule has 0 aliphatic rings. The molecule has 1 heteroatoms. The van der Waals surface area contributed by atoms with Gasteiger partial charge in [0.15, 0.2) is 0 Å². The number of thioether (sulfide) groups is 1. The first kappa shape index (κ1) is 11.4. The molecule has 0 atom stereocenters. The summed E-state index contributed by atoms with van der Waals surface area (Å²) in [6.07, 6.45) is 1.14. The molecule has 0 unspecified atom stereocenters. The van der Waals surface area contributed by atoms with Gasteiger partial charge in [-0.05, 0) is 49.8 Å². The topological polar surface area (TPSA) is 0 Å². The van der Waals surface area contributed by atoms with Crippen molar-refractivity contribution < 1.29 is 0 Å². The van der Waals surface area contributed by atoms with Crippen molar-refractivity contribution in [3.8, 4) is 0 Å². The monoisotopic (exact) mass is 206 g/mol. The average Bonchev–Trinajstić information content (AvgIpc) is 2.19. The Morgan fingerprint density at radius 2 is 2.07 bits per heavy atom. The number of hydrogen-bond donors (Lipinski definition) is 0. The van der Waals surface area contributed by atoms with Gasteiger partial charge in [0, 0.05) is 4.90 Å². The van der Waals surface area contributed by atoms with Gasteiger partial charge in [0.1, 0.15) is 0 Å². The number of hydrogen-bond acceptors (Lipinski definition) is 1. The van der Waals surface area contributed by atoms with E-state index in [9.17, 15) is 0 Å². The van der Waals surface area contributed by atoms with Crippen LogP contribution in [0.3, 0.4) is 0 Å². The number of rotatable bonds is 3. The van der Waals surface area contributed by atoms with Gasteiger partial charge in [0.2, 0.25) is 0 Å². The Labute approximate surface area is 91.4 Å². The van der Waals surface area contributed by atoms with Crippen molar-refractivity contribution >= 4 is 11.8 Å². The Balaban J connectivity index is 2.81. The van der Waals surface area contributed by atoms with Crippen LogP contribution in [0.4, 0.5) is 0 Å². The fraction of sp³-hybridized carbons (Fsp3) is 0.385. The van der Waals surface area contributed by atoms with Crippen molar-refractivity contribution in [1.82, 2.24) is 0 Å². The lowest BCUT2D eigenvalue weighted by Gasteiger charge is -2.04. The molecule has 0 aromatic heterocycles. The van der Waals surface area contributed by atoms with E-state index in [4.69, 9.17) is 0 Å². The van der Waals surface area contributed by atoms with Crippen LogP contribution in [0.1, 0.15) is 31.4 Å². The number of benzene rings is 1. The predicted octanol–water partition coefficient (Wildman–Crippen LogP) is 4.71. The van der Waals surface area contributed by atoms with E-state index in [0.717, 1.165) is 6.42 Å². The van der Waals surface area contributed by atoms with Crippen LogP contribution in [0, 0.1) is 13.8 Å². The second-order valence-corrected chi connectivity index (χ2v) is 4.62. The molecule has 0 N–H and O–H groups in total. The molecule has 0 radical (unpaired) electrons. The Morgan fingerprint density at radius 1 is 1.36 bits per heavy atom. The van der Waals surface area contributed by atoms with E-state index in [1.807, 2.05) is 11.8 Å². The highest BCUT2D eigenvalue weighted by atomic mass is 32.2. The summed E-state index contributed by atoms with van der Waals surface area (Å²) < 4.78 is 0. The molecule has 0 saturated carbocycles. The van der Waals surface area contributed by atoms with Crippen LogP contribution in [0.2, 0.25) is 0 Å². The first-order chi connectivity index (χ1) is 6.63. The minimum Gasteiger partial charge on any atom is -0.0978 e. The minimum absolute atomic E-state index is 1.14. The summed E-state index contributed by atoms with van der Waals surface area (Å²) in [4.78, 5) is 1.37. The maximum absolute atomic E-state index is 2.25. The second-order valence-electron chi connectivity index (χ2n) is 3.70. The van der Waals surface area contributed by atoms with Crippen LogP contribution in [0.25, 0.3) is 0 Å². The van der Waals surface area contributed by atoms with Gasteiger partial charge in [-0.1, -0.05) is 36.4 Å². The maximum atomic E-state index is 2.25. The molecule has 0 bridgehead atoms. The van der Waals surface area contributed by atoms with Gasteiger partial charge in [-0.3, -0.25) is 0 Å². The lowest BCUT2D eigenvalue weighted by atomic mass is 10.2. The van der Waals surface area contributed by atoms with Gasteiger partial charge >= 0.3 is 0 Å². The van der Waals surface area contributed by atoms with Crippen molar-refractivity contribution in [2.75, 3.05) is 0 Å². The second kappa shape index (κ2) is 5.26. The molecule has 0 fully saturated rings. The van der Waals surface area contributed by atoms with E-state index >= 15 is 0 Å². The molecule has 1 aromatic rings. The Hall–Kier alpha value is -0.690. The van der Waals surface area contributed by atoms with Crippen molar-refractivity contribution in [3.05, 3.63) is 40.3 Å². The zero-order valence-corrected chi connectivity index (χ0v) is 10.2. The van der Waals surface area contributed by atoms with Crippen molar-refractivity contribution in [2.24, 2.45) is 0 Å². The first-order valence-corrected chi connectivity index (χ1v) is 5.91. The van der Waals surface area contributed by atoms with E-state index in [2.05, 4.69) is 51.3 Å². The summed E-state index contributed by atoms with van der Waals surface area (Å²) in [5.41, 5.74) is 4.14. The first-order valence-electron chi connectivity index (χ1n) is 5.03. The highest BCUT2D eigenvalue weighted by Crippen LogP contribution is 2.25. The molecule has 0 aliphatic carbocycles.